The maximum absolute atomic E-state index is 2.43. The van der Waals surface area contributed by atoms with E-state index in [1.165, 1.54) is 72.1 Å². The van der Waals surface area contributed by atoms with Crippen LogP contribution in [0.5, 0.6) is 0 Å². The van der Waals surface area contributed by atoms with Gasteiger partial charge in [-0.15, -0.1) is 0 Å². The van der Waals surface area contributed by atoms with Crippen LogP contribution < -0.4 is 4.90 Å². The van der Waals surface area contributed by atoms with E-state index in [2.05, 4.69) is 211 Å². The lowest BCUT2D eigenvalue weighted by atomic mass is 9.82. The third kappa shape index (κ3) is 5.17. The summed E-state index contributed by atoms with van der Waals surface area (Å²) >= 11 is 0. The molecule has 0 bridgehead atoms. The molecule has 53 heavy (non-hydrogen) atoms. The summed E-state index contributed by atoms with van der Waals surface area (Å²) in [6.07, 6.45) is 8.06. The highest BCUT2D eigenvalue weighted by Gasteiger charge is 2.35. The number of anilines is 3. The number of hydrogen-bond acceptors (Lipinski definition) is 1. The lowest BCUT2D eigenvalue weighted by molar-refractivity contribution is 0.660. The van der Waals surface area contributed by atoms with E-state index in [1.54, 1.807) is 0 Å². The Morgan fingerprint density at radius 1 is 0.528 bits per heavy atom. The van der Waals surface area contributed by atoms with E-state index in [0.29, 0.717) is 5.92 Å². The molecule has 1 aromatic heterocycles. The fourth-order valence-electron chi connectivity index (χ4n) is 8.81. The summed E-state index contributed by atoms with van der Waals surface area (Å²) in [5.41, 5.74) is 16.3. The predicted molar refractivity (Wildman–Crippen MR) is 224 cm³/mol. The first-order valence-electron chi connectivity index (χ1n) is 18.7. The van der Waals surface area contributed by atoms with E-state index >= 15 is 0 Å². The normalized spacial score (nSPS) is 15.7. The van der Waals surface area contributed by atoms with Crippen LogP contribution in [0.1, 0.15) is 42.9 Å². The quantitative estimate of drug-likeness (QED) is 0.170. The molecule has 0 N–H and O–H groups in total. The zero-order valence-electron chi connectivity index (χ0n) is 30.1. The van der Waals surface area contributed by atoms with E-state index in [4.69, 9.17) is 0 Å². The largest absolute Gasteiger partial charge is 0.310 e. The standard InChI is InChI=1S/C51H40N2/c1-51(2)47-19-11-9-17-43(47)44-31-30-42(34-48(44)51)52(39-15-7-4-8-16-39)40-26-23-37(24-27-40)38-25-32-50-46(33-38)45-18-10-12-20-49(45)53(50)41-28-21-36(22-29-41)35-13-5-3-6-14-35/h3-21,23-34,36H,22H2,1-2H3. The first-order chi connectivity index (χ1) is 26.0. The van der Waals surface area contributed by atoms with Crippen LogP contribution >= 0.6 is 0 Å². The minimum absolute atomic E-state index is 0.0652. The van der Waals surface area contributed by atoms with Crippen LogP contribution in [-0.2, 0) is 5.41 Å². The van der Waals surface area contributed by atoms with Crippen molar-refractivity contribution in [2.45, 2.75) is 31.6 Å². The second kappa shape index (κ2) is 12.4. The Balaban J connectivity index is 1.01. The van der Waals surface area contributed by atoms with Crippen molar-refractivity contribution < 1.29 is 0 Å². The number of allylic oxidation sites excluding steroid dienone is 4. The average molecular weight is 681 g/mol. The molecule has 0 saturated carbocycles. The molecule has 10 rings (SSSR count). The molecule has 2 heteroatoms. The van der Waals surface area contributed by atoms with Gasteiger partial charge in [0.05, 0.1) is 11.0 Å². The third-order valence-corrected chi connectivity index (χ3v) is 11.5. The van der Waals surface area contributed by atoms with Gasteiger partial charge >= 0.3 is 0 Å². The molecule has 0 radical (unpaired) electrons. The monoisotopic (exact) mass is 680 g/mol. The number of hydrogen-bond donors (Lipinski definition) is 0. The molecule has 254 valence electrons. The number of para-hydroxylation sites is 2. The van der Waals surface area contributed by atoms with Crippen LogP contribution in [-0.4, -0.2) is 4.57 Å². The van der Waals surface area contributed by atoms with Gasteiger partial charge in [0.2, 0.25) is 0 Å². The Kier molecular flexibility index (Phi) is 7.33. The number of fused-ring (bicyclic) bond motifs is 6. The Labute approximate surface area is 311 Å². The fraction of sp³-hybridized carbons (Fsp3) is 0.0980. The van der Waals surface area contributed by atoms with Gasteiger partial charge in [0.15, 0.2) is 0 Å². The zero-order valence-corrected chi connectivity index (χ0v) is 30.1. The van der Waals surface area contributed by atoms with Crippen molar-refractivity contribution >= 4 is 44.6 Å². The van der Waals surface area contributed by atoms with Crippen molar-refractivity contribution in [1.29, 1.82) is 0 Å². The highest BCUT2D eigenvalue weighted by atomic mass is 15.1. The number of rotatable bonds is 6. The molecular weight excluding hydrogens is 641 g/mol. The summed E-state index contributed by atoms with van der Waals surface area (Å²) in [5.74, 6) is 0.409. The molecule has 7 aromatic carbocycles. The van der Waals surface area contributed by atoms with Gasteiger partial charge in [0, 0.05) is 44.9 Å². The second-order valence-electron chi connectivity index (χ2n) is 14.9. The van der Waals surface area contributed by atoms with Crippen molar-refractivity contribution in [3.05, 3.63) is 205 Å². The first kappa shape index (κ1) is 31.4. The average Bonchev–Trinajstić information content (AvgIpc) is 3.67. The molecule has 0 amide bonds. The van der Waals surface area contributed by atoms with Gasteiger partial charge in [0.25, 0.3) is 0 Å². The topological polar surface area (TPSA) is 8.17 Å². The summed E-state index contributed by atoms with van der Waals surface area (Å²) in [7, 11) is 0. The zero-order chi connectivity index (χ0) is 35.5. The van der Waals surface area contributed by atoms with Crippen molar-refractivity contribution in [2.24, 2.45) is 0 Å². The number of nitrogens with zero attached hydrogens (tertiary/aromatic N) is 2. The van der Waals surface area contributed by atoms with Crippen molar-refractivity contribution in [2.75, 3.05) is 4.90 Å². The van der Waals surface area contributed by atoms with Crippen molar-refractivity contribution in [3.63, 3.8) is 0 Å². The molecule has 2 aliphatic carbocycles. The van der Waals surface area contributed by atoms with Gasteiger partial charge < -0.3 is 9.47 Å². The van der Waals surface area contributed by atoms with E-state index in [0.717, 1.165) is 17.8 Å². The highest BCUT2D eigenvalue weighted by Crippen LogP contribution is 2.50. The lowest BCUT2D eigenvalue weighted by Crippen LogP contribution is -2.16. The molecule has 2 nitrogen and oxygen atoms in total. The molecule has 8 aromatic rings. The summed E-state index contributed by atoms with van der Waals surface area (Å²) in [5, 5.41) is 2.55. The fourth-order valence-corrected chi connectivity index (χ4v) is 8.81. The van der Waals surface area contributed by atoms with Crippen LogP contribution in [0.4, 0.5) is 17.1 Å². The molecule has 0 aliphatic heterocycles. The van der Waals surface area contributed by atoms with Gasteiger partial charge in [-0.25, -0.2) is 0 Å². The van der Waals surface area contributed by atoms with E-state index in [-0.39, 0.29) is 5.41 Å². The van der Waals surface area contributed by atoms with Gasteiger partial charge in [-0.05, 0) is 106 Å². The number of benzene rings is 7. The van der Waals surface area contributed by atoms with Crippen LogP contribution in [0.15, 0.2) is 188 Å². The molecule has 0 spiro atoms. The maximum atomic E-state index is 2.43. The minimum atomic E-state index is -0.0652. The minimum Gasteiger partial charge on any atom is -0.310 e. The van der Waals surface area contributed by atoms with Crippen LogP contribution in [0, 0.1) is 0 Å². The Morgan fingerprint density at radius 2 is 1.17 bits per heavy atom. The van der Waals surface area contributed by atoms with E-state index < -0.39 is 0 Å². The van der Waals surface area contributed by atoms with Gasteiger partial charge in [-0.2, -0.15) is 0 Å². The Morgan fingerprint density at radius 3 is 1.96 bits per heavy atom. The molecule has 1 atom stereocenters. The molecule has 2 aliphatic rings. The molecule has 1 heterocycles. The highest BCUT2D eigenvalue weighted by molar-refractivity contribution is 6.11. The summed E-state index contributed by atoms with van der Waals surface area (Å²) < 4.78 is 2.43. The first-order valence-corrected chi connectivity index (χ1v) is 18.7. The second-order valence-corrected chi connectivity index (χ2v) is 14.9. The Hall–Kier alpha value is -6.38. The SMILES string of the molecule is CC1(C)c2ccccc2-c2ccc(N(c3ccccc3)c3ccc(-c4ccc5c(c4)c4ccccc4n5C4=CCC(c5ccccc5)C=C4)cc3)cc21. The maximum Gasteiger partial charge on any atom is 0.0541 e. The number of aromatic nitrogens is 1. The molecular formula is C51H40N2. The molecule has 0 saturated heterocycles. The van der Waals surface area contributed by atoms with Gasteiger partial charge in [-0.3, -0.25) is 0 Å². The van der Waals surface area contributed by atoms with Gasteiger partial charge in [0.1, 0.15) is 0 Å². The van der Waals surface area contributed by atoms with Gasteiger partial charge in [-0.1, -0.05) is 141 Å². The summed E-state index contributed by atoms with van der Waals surface area (Å²) in [6, 6.07) is 62.2. The Bertz CT molecular complexity index is 2710. The molecule has 1 unspecified atom stereocenters. The van der Waals surface area contributed by atoms with Crippen LogP contribution in [0.2, 0.25) is 0 Å². The van der Waals surface area contributed by atoms with E-state index in [9.17, 15) is 0 Å². The van der Waals surface area contributed by atoms with E-state index in [1.807, 2.05) is 0 Å². The summed E-state index contributed by atoms with van der Waals surface area (Å²) in [6.45, 7) is 4.70. The van der Waals surface area contributed by atoms with Crippen LogP contribution in [0.3, 0.4) is 0 Å². The third-order valence-electron chi connectivity index (χ3n) is 11.5. The predicted octanol–water partition coefficient (Wildman–Crippen LogP) is 13.8. The smallest absolute Gasteiger partial charge is 0.0541 e. The van der Waals surface area contributed by atoms with Crippen molar-refractivity contribution in [1.82, 2.24) is 4.57 Å². The molecule has 0 fully saturated rings. The summed E-state index contributed by atoms with van der Waals surface area (Å²) in [4.78, 5) is 2.38. The van der Waals surface area contributed by atoms with Crippen LogP contribution in [0.25, 0.3) is 49.8 Å². The lowest BCUT2D eigenvalue weighted by Gasteiger charge is -2.28. The van der Waals surface area contributed by atoms with Crippen molar-refractivity contribution in [3.8, 4) is 22.3 Å².